The van der Waals surface area contributed by atoms with Crippen molar-refractivity contribution in [1.29, 1.82) is 0 Å². The van der Waals surface area contributed by atoms with Crippen molar-refractivity contribution >= 4 is 45.0 Å². The van der Waals surface area contributed by atoms with Gasteiger partial charge >= 0.3 is 0 Å². The molecule has 0 unspecified atom stereocenters. The largest absolute Gasteiger partial charge is 0.484 e. The van der Waals surface area contributed by atoms with Crippen LogP contribution in [0.25, 0.3) is 0 Å². The first-order valence-electron chi connectivity index (χ1n) is 12.1. The summed E-state index contributed by atoms with van der Waals surface area (Å²) in [6.45, 7) is 6.67. The Morgan fingerprint density at radius 3 is 2.61 bits per heavy atom. The lowest BCUT2D eigenvalue weighted by atomic mass is 10.1. The Bertz CT molecular complexity index is 1090. The summed E-state index contributed by atoms with van der Waals surface area (Å²) in [6.07, 6.45) is 0.192. The Kier molecular flexibility index (Phi) is 8.95. The van der Waals surface area contributed by atoms with Gasteiger partial charge in [0.15, 0.2) is 6.61 Å². The highest BCUT2D eigenvalue weighted by molar-refractivity contribution is 9.10. The number of carbonyl (C=O) groups is 3. The molecule has 2 saturated heterocycles. The van der Waals surface area contributed by atoms with Crippen LogP contribution in [0.3, 0.4) is 0 Å². The molecule has 2 aromatic rings. The van der Waals surface area contributed by atoms with Crippen LogP contribution in [0.1, 0.15) is 12.0 Å². The highest BCUT2D eigenvalue weighted by Crippen LogP contribution is 2.27. The van der Waals surface area contributed by atoms with Gasteiger partial charge in [-0.1, -0.05) is 15.9 Å². The summed E-state index contributed by atoms with van der Waals surface area (Å²) in [6, 6.07) is 12.6. The summed E-state index contributed by atoms with van der Waals surface area (Å²) in [5.41, 5.74) is 2.38. The number of ether oxygens (including phenoxy) is 2. The van der Waals surface area contributed by atoms with Crippen LogP contribution < -0.4 is 20.3 Å². The predicted molar refractivity (Wildman–Crippen MR) is 140 cm³/mol. The zero-order chi connectivity index (χ0) is 25.5. The second-order valence-corrected chi connectivity index (χ2v) is 9.86. The van der Waals surface area contributed by atoms with Gasteiger partial charge in [-0.3, -0.25) is 19.3 Å². The lowest BCUT2D eigenvalue weighted by Gasteiger charge is -2.26. The van der Waals surface area contributed by atoms with Crippen LogP contribution in [0, 0.1) is 12.8 Å². The van der Waals surface area contributed by atoms with E-state index in [-0.39, 0.29) is 36.7 Å². The first-order chi connectivity index (χ1) is 17.4. The van der Waals surface area contributed by atoms with Gasteiger partial charge in [0.2, 0.25) is 11.8 Å². The Morgan fingerprint density at radius 1 is 1.14 bits per heavy atom. The van der Waals surface area contributed by atoms with Crippen LogP contribution in [0.4, 0.5) is 11.4 Å². The molecule has 1 atom stereocenters. The Hall–Kier alpha value is -2.95. The van der Waals surface area contributed by atoms with E-state index in [1.54, 1.807) is 29.2 Å². The van der Waals surface area contributed by atoms with Crippen molar-refractivity contribution in [3.63, 3.8) is 0 Å². The second-order valence-electron chi connectivity index (χ2n) is 8.94. The van der Waals surface area contributed by atoms with E-state index in [4.69, 9.17) is 9.47 Å². The molecule has 2 fully saturated rings. The van der Waals surface area contributed by atoms with E-state index in [9.17, 15) is 14.4 Å². The summed E-state index contributed by atoms with van der Waals surface area (Å²) in [5.74, 6) is -0.289. The lowest BCUT2D eigenvalue weighted by molar-refractivity contribution is -0.126. The van der Waals surface area contributed by atoms with Gasteiger partial charge in [-0.25, -0.2) is 0 Å². The standard InChI is InChI=1S/C26H31BrN4O5/c1-18-14-20(27)2-7-23(18)29-24(32)17-36-22-5-3-21(4-6-22)31-16-19(15-25(31)33)26(34)28-8-9-30-10-12-35-13-11-30/h2-7,14,19H,8-13,15-17H2,1H3,(H,28,34)(H,29,32)/t19-/m1/s1. The molecule has 0 radical (unpaired) electrons. The highest BCUT2D eigenvalue weighted by atomic mass is 79.9. The molecule has 2 heterocycles. The monoisotopic (exact) mass is 558 g/mol. The van der Waals surface area contributed by atoms with Crippen LogP contribution in [0.15, 0.2) is 46.9 Å². The number of amides is 3. The number of halogens is 1. The van der Waals surface area contributed by atoms with Crippen molar-refractivity contribution in [3.8, 4) is 5.75 Å². The number of nitrogens with one attached hydrogen (secondary N) is 2. The van der Waals surface area contributed by atoms with Gasteiger partial charge in [0.05, 0.1) is 19.1 Å². The number of aryl methyl sites for hydroxylation is 1. The molecule has 0 aliphatic carbocycles. The minimum Gasteiger partial charge on any atom is -0.484 e. The third-order valence-corrected chi connectivity index (χ3v) is 6.80. The summed E-state index contributed by atoms with van der Waals surface area (Å²) in [4.78, 5) is 41.3. The van der Waals surface area contributed by atoms with Crippen LogP contribution in [-0.2, 0) is 19.1 Å². The molecule has 2 aromatic carbocycles. The fourth-order valence-electron chi connectivity index (χ4n) is 4.26. The van der Waals surface area contributed by atoms with Gasteiger partial charge in [0.1, 0.15) is 5.75 Å². The molecule has 10 heteroatoms. The van der Waals surface area contributed by atoms with Crippen LogP contribution in [0.5, 0.6) is 5.75 Å². The average Bonchev–Trinajstić information content (AvgIpc) is 3.27. The Morgan fingerprint density at radius 2 is 1.89 bits per heavy atom. The average molecular weight is 559 g/mol. The zero-order valence-electron chi connectivity index (χ0n) is 20.3. The molecule has 3 amide bonds. The quantitative estimate of drug-likeness (QED) is 0.490. The molecular formula is C26H31BrN4O5. The maximum absolute atomic E-state index is 12.6. The number of rotatable bonds is 9. The topological polar surface area (TPSA) is 100 Å². The van der Waals surface area contributed by atoms with Crippen molar-refractivity contribution in [3.05, 3.63) is 52.5 Å². The summed E-state index contributed by atoms with van der Waals surface area (Å²) in [5, 5.41) is 5.80. The molecule has 2 aliphatic rings. The van der Waals surface area contributed by atoms with Gasteiger partial charge in [0, 0.05) is 55.0 Å². The fourth-order valence-corrected chi connectivity index (χ4v) is 4.74. The Labute approximate surface area is 219 Å². The Balaban J connectivity index is 1.22. The number of hydrogen-bond acceptors (Lipinski definition) is 6. The van der Waals surface area contributed by atoms with Crippen LogP contribution >= 0.6 is 15.9 Å². The second kappa shape index (κ2) is 12.3. The van der Waals surface area contributed by atoms with Crippen LogP contribution in [-0.4, -0.2) is 75.2 Å². The summed E-state index contributed by atoms with van der Waals surface area (Å²) >= 11 is 3.40. The molecule has 0 bridgehead atoms. The fraction of sp³-hybridized carbons (Fsp3) is 0.423. The summed E-state index contributed by atoms with van der Waals surface area (Å²) in [7, 11) is 0. The third-order valence-electron chi connectivity index (χ3n) is 6.31. The van der Waals surface area contributed by atoms with Gasteiger partial charge < -0.3 is 25.0 Å². The van der Waals surface area contributed by atoms with E-state index < -0.39 is 0 Å². The van der Waals surface area contributed by atoms with Gasteiger partial charge in [-0.2, -0.15) is 0 Å². The van der Waals surface area contributed by atoms with E-state index in [1.807, 2.05) is 25.1 Å². The molecule has 9 nitrogen and oxygen atoms in total. The van der Waals surface area contributed by atoms with Crippen molar-refractivity contribution in [1.82, 2.24) is 10.2 Å². The van der Waals surface area contributed by atoms with Gasteiger partial charge in [0.25, 0.3) is 5.91 Å². The smallest absolute Gasteiger partial charge is 0.262 e. The third kappa shape index (κ3) is 7.05. The number of benzene rings is 2. The normalized spacial score (nSPS) is 18.2. The molecule has 0 saturated carbocycles. The first-order valence-corrected chi connectivity index (χ1v) is 12.9. The molecule has 192 valence electrons. The van der Waals surface area contributed by atoms with Gasteiger partial charge in [-0.05, 0) is 55.0 Å². The minimum absolute atomic E-state index is 0.0822. The van der Waals surface area contributed by atoms with Crippen molar-refractivity contribution in [2.45, 2.75) is 13.3 Å². The number of hydrogen-bond donors (Lipinski definition) is 2. The maximum atomic E-state index is 12.6. The first kappa shape index (κ1) is 26.1. The molecule has 2 N–H and O–H groups in total. The lowest BCUT2D eigenvalue weighted by Crippen LogP contribution is -2.42. The van der Waals surface area contributed by atoms with E-state index >= 15 is 0 Å². The minimum atomic E-state index is -0.371. The van der Waals surface area contributed by atoms with E-state index in [2.05, 4.69) is 31.5 Å². The molecule has 2 aliphatic heterocycles. The molecule has 36 heavy (non-hydrogen) atoms. The maximum Gasteiger partial charge on any atom is 0.262 e. The predicted octanol–water partition coefficient (Wildman–Crippen LogP) is 2.58. The molecule has 0 aromatic heterocycles. The number of nitrogens with zero attached hydrogens (tertiary/aromatic N) is 2. The molecular weight excluding hydrogens is 528 g/mol. The van der Waals surface area contributed by atoms with Crippen molar-refractivity contribution < 1.29 is 23.9 Å². The zero-order valence-corrected chi connectivity index (χ0v) is 21.9. The molecule has 4 rings (SSSR count). The molecule has 0 spiro atoms. The summed E-state index contributed by atoms with van der Waals surface area (Å²) < 4.78 is 11.9. The number of carbonyl (C=O) groups excluding carboxylic acids is 3. The highest BCUT2D eigenvalue weighted by Gasteiger charge is 2.35. The van der Waals surface area contributed by atoms with Crippen LogP contribution in [0.2, 0.25) is 0 Å². The van der Waals surface area contributed by atoms with Crippen molar-refractivity contribution in [2.75, 3.05) is 62.8 Å². The number of morpholine rings is 1. The van der Waals surface area contributed by atoms with Gasteiger partial charge in [-0.15, -0.1) is 0 Å². The van der Waals surface area contributed by atoms with Crippen molar-refractivity contribution in [2.24, 2.45) is 5.92 Å². The SMILES string of the molecule is Cc1cc(Br)ccc1NC(=O)COc1ccc(N2C[C@H](C(=O)NCCN3CCOCC3)CC2=O)cc1. The van der Waals surface area contributed by atoms with E-state index in [1.165, 1.54) is 0 Å². The van der Waals surface area contributed by atoms with E-state index in [0.29, 0.717) is 24.5 Å². The van der Waals surface area contributed by atoms with E-state index in [0.717, 1.165) is 48.6 Å². The number of anilines is 2.